The summed E-state index contributed by atoms with van der Waals surface area (Å²) in [5.41, 5.74) is 2.55. The van der Waals surface area contributed by atoms with Crippen LogP contribution >= 0.6 is 23.2 Å². The number of benzene rings is 2. The first-order valence-electron chi connectivity index (χ1n) is 8.16. The van der Waals surface area contributed by atoms with Gasteiger partial charge in [-0.1, -0.05) is 54.4 Å². The summed E-state index contributed by atoms with van der Waals surface area (Å²) in [5, 5.41) is 5.06. The molecule has 23 heavy (non-hydrogen) atoms. The molecular formula is C19H22Cl2N2. The zero-order valence-electron chi connectivity index (χ0n) is 13.3. The van der Waals surface area contributed by atoms with E-state index >= 15 is 0 Å². The number of rotatable bonds is 4. The van der Waals surface area contributed by atoms with Gasteiger partial charge in [0.2, 0.25) is 0 Å². The Hall–Kier alpha value is -1.06. The molecular weight excluding hydrogens is 327 g/mol. The maximum Gasteiger partial charge on any atom is 0.0605 e. The summed E-state index contributed by atoms with van der Waals surface area (Å²) in [6.45, 7) is 5.35. The summed E-state index contributed by atoms with van der Waals surface area (Å²) in [4.78, 5) is 2.60. The van der Waals surface area contributed by atoms with Gasteiger partial charge in [0.1, 0.15) is 0 Å². The number of nitrogens with zero attached hydrogens (tertiary/aromatic N) is 1. The lowest BCUT2D eigenvalue weighted by atomic mass is 9.94. The average molecular weight is 349 g/mol. The van der Waals surface area contributed by atoms with E-state index in [4.69, 9.17) is 23.2 Å². The van der Waals surface area contributed by atoms with Gasteiger partial charge in [-0.2, -0.15) is 0 Å². The molecule has 1 N–H and O–H groups in total. The summed E-state index contributed by atoms with van der Waals surface area (Å²) in [5.74, 6) is 0. The SMILES string of the molecule is CCC1CNCCN1C(c1ccc(Cl)cc1)c1ccc(Cl)cc1. The Morgan fingerprint density at radius 1 is 1.00 bits per heavy atom. The summed E-state index contributed by atoms with van der Waals surface area (Å²) in [6.07, 6.45) is 1.13. The predicted octanol–water partition coefficient (Wildman–Crippen LogP) is 4.77. The van der Waals surface area contributed by atoms with Crippen molar-refractivity contribution < 1.29 is 0 Å². The monoisotopic (exact) mass is 348 g/mol. The molecule has 1 aliphatic heterocycles. The van der Waals surface area contributed by atoms with E-state index in [-0.39, 0.29) is 6.04 Å². The largest absolute Gasteiger partial charge is 0.314 e. The minimum atomic E-state index is 0.233. The lowest BCUT2D eigenvalue weighted by Crippen LogP contribution is -2.52. The molecule has 2 nitrogen and oxygen atoms in total. The summed E-state index contributed by atoms with van der Waals surface area (Å²) in [7, 11) is 0. The normalized spacial score (nSPS) is 19.2. The molecule has 0 bridgehead atoms. The van der Waals surface area contributed by atoms with E-state index in [0.717, 1.165) is 36.1 Å². The molecule has 2 aromatic rings. The molecule has 4 heteroatoms. The van der Waals surface area contributed by atoms with Crippen molar-refractivity contribution in [1.82, 2.24) is 10.2 Å². The Kier molecular flexibility index (Phi) is 5.60. The molecule has 1 saturated heterocycles. The molecule has 0 spiro atoms. The summed E-state index contributed by atoms with van der Waals surface area (Å²) in [6, 6.07) is 17.2. The average Bonchev–Trinajstić information content (AvgIpc) is 2.59. The second-order valence-corrected chi connectivity index (χ2v) is 6.88. The van der Waals surface area contributed by atoms with Crippen LogP contribution in [0.3, 0.4) is 0 Å². The standard InChI is InChI=1S/C19H22Cl2N2/c1-2-18-13-22-11-12-23(18)19(14-3-7-16(20)8-4-14)15-5-9-17(21)10-6-15/h3-10,18-19,22H,2,11-13H2,1H3. The van der Waals surface area contributed by atoms with E-state index < -0.39 is 0 Å². The summed E-state index contributed by atoms with van der Waals surface area (Å²) < 4.78 is 0. The predicted molar refractivity (Wildman–Crippen MR) is 98.4 cm³/mol. The lowest BCUT2D eigenvalue weighted by molar-refractivity contribution is 0.122. The molecule has 0 radical (unpaired) electrons. The van der Waals surface area contributed by atoms with Crippen molar-refractivity contribution >= 4 is 23.2 Å². The van der Waals surface area contributed by atoms with Crippen LogP contribution in [-0.4, -0.2) is 30.6 Å². The second kappa shape index (κ2) is 7.67. The lowest BCUT2D eigenvalue weighted by Gasteiger charge is -2.41. The minimum Gasteiger partial charge on any atom is -0.314 e. The van der Waals surface area contributed by atoms with E-state index in [0.29, 0.717) is 6.04 Å². The molecule has 0 aliphatic carbocycles. The quantitative estimate of drug-likeness (QED) is 0.856. The molecule has 0 aromatic heterocycles. The van der Waals surface area contributed by atoms with Gasteiger partial charge in [0.15, 0.2) is 0 Å². The van der Waals surface area contributed by atoms with Crippen LogP contribution in [0.1, 0.15) is 30.5 Å². The maximum absolute atomic E-state index is 6.08. The zero-order chi connectivity index (χ0) is 16.2. The highest BCUT2D eigenvalue weighted by Gasteiger charge is 2.29. The van der Waals surface area contributed by atoms with Gasteiger partial charge in [0, 0.05) is 35.7 Å². The highest BCUT2D eigenvalue weighted by molar-refractivity contribution is 6.30. The van der Waals surface area contributed by atoms with Gasteiger partial charge in [0.25, 0.3) is 0 Å². The second-order valence-electron chi connectivity index (χ2n) is 6.01. The molecule has 1 aliphatic rings. The third kappa shape index (κ3) is 3.89. The number of hydrogen-bond acceptors (Lipinski definition) is 2. The first-order valence-corrected chi connectivity index (χ1v) is 8.92. The third-order valence-electron chi connectivity index (χ3n) is 4.57. The van der Waals surface area contributed by atoms with E-state index in [1.165, 1.54) is 11.1 Å². The van der Waals surface area contributed by atoms with Crippen LogP contribution in [0.5, 0.6) is 0 Å². The van der Waals surface area contributed by atoms with Crippen molar-refractivity contribution in [3.8, 4) is 0 Å². The van der Waals surface area contributed by atoms with Crippen LogP contribution in [0.25, 0.3) is 0 Å². The minimum absolute atomic E-state index is 0.233. The van der Waals surface area contributed by atoms with Gasteiger partial charge in [-0.25, -0.2) is 0 Å². The van der Waals surface area contributed by atoms with Crippen LogP contribution in [0.2, 0.25) is 10.0 Å². The molecule has 2 aromatic carbocycles. The molecule has 1 unspecified atom stereocenters. The fraction of sp³-hybridized carbons (Fsp3) is 0.368. The van der Waals surface area contributed by atoms with Gasteiger partial charge in [-0.15, -0.1) is 0 Å². The fourth-order valence-corrected chi connectivity index (χ4v) is 3.61. The van der Waals surface area contributed by atoms with E-state index in [1.54, 1.807) is 0 Å². The molecule has 3 rings (SSSR count). The Labute approximate surface area is 148 Å². The van der Waals surface area contributed by atoms with Crippen LogP contribution in [0.4, 0.5) is 0 Å². The molecule has 1 atom stereocenters. The van der Waals surface area contributed by atoms with Crippen molar-refractivity contribution in [1.29, 1.82) is 0 Å². The van der Waals surface area contributed by atoms with Gasteiger partial charge < -0.3 is 5.32 Å². The molecule has 1 heterocycles. The van der Waals surface area contributed by atoms with Crippen LogP contribution in [0, 0.1) is 0 Å². The number of halogens is 2. The number of hydrogen-bond donors (Lipinski definition) is 1. The van der Waals surface area contributed by atoms with Gasteiger partial charge >= 0.3 is 0 Å². The summed E-state index contributed by atoms with van der Waals surface area (Å²) >= 11 is 12.2. The van der Waals surface area contributed by atoms with E-state index in [9.17, 15) is 0 Å². The number of piperazine rings is 1. The first kappa shape index (κ1) is 16.8. The van der Waals surface area contributed by atoms with Gasteiger partial charge in [-0.05, 0) is 41.8 Å². The van der Waals surface area contributed by atoms with E-state index in [2.05, 4.69) is 41.4 Å². The molecule has 0 saturated carbocycles. The smallest absolute Gasteiger partial charge is 0.0605 e. The van der Waals surface area contributed by atoms with Crippen LogP contribution in [0.15, 0.2) is 48.5 Å². The number of nitrogens with one attached hydrogen (secondary N) is 1. The van der Waals surface area contributed by atoms with Crippen molar-refractivity contribution in [3.05, 3.63) is 69.7 Å². The van der Waals surface area contributed by atoms with Crippen LogP contribution in [-0.2, 0) is 0 Å². The topological polar surface area (TPSA) is 15.3 Å². The van der Waals surface area contributed by atoms with Gasteiger partial charge in [-0.3, -0.25) is 4.90 Å². The molecule has 0 amide bonds. The van der Waals surface area contributed by atoms with Crippen molar-refractivity contribution in [2.75, 3.05) is 19.6 Å². The highest BCUT2D eigenvalue weighted by Crippen LogP contribution is 2.33. The Morgan fingerprint density at radius 3 is 2.00 bits per heavy atom. The third-order valence-corrected chi connectivity index (χ3v) is 5.07. The maximum atomic E-state index is 6.08. The van der Waals surface area contributed by atoms with Gasteiger partial charge in [0.05, 0.1) is 6.04 Å². The first-order chi connectivity index (χ1) is 11.2. The molecule has 122 valence electrons. The van der Waals surface area contributed by atoms with Crippen LogP contribution < -0.4 is 5.32 Å². The van der Waals surface area contributed by atoms with Crippen molar-refractivity contribution in [2.24, 2.45) is 0 Å². The Balaban J connectivity index is 2.01. The zero-order valence-corrected chi connectivity index (χ0v) is 14.8. The van der Waals surface area contributed by atoms with Crippen molar-refractivity contribution in [2.45, 2.75) is 25.4 Å². The Bertz CT molecular complexity index is 579. The fourth-order valence-electron chi connectivity index (χ4n) is 3.36. The molecule has 1 fully saturated rings. The Morgan fingerprint density at radius 2 is 1.52 bits per heavy atom. The van der Waals surface area contributed by atoms with E-state index in [1.807, 2.05) is 24.3 Å². The van der Waals surface area contributed by atoms with Crippen molar-refractivity contribution in [3.63, 3.8) is 0 Å². The highest BCUT2D eigenvalue weighted by atomic mass is 35.5.